The van der Waals surface area contributed by atoms with E-state index in [1.54, 1.807) is 12.1 Å². The van der Waals surface area contributed by atoms with E-state index in [-0.39, 0.29) is 12.2 Å². The molecule has 0 saturated heterocycles. The lowest BCUT2D eigenvalue weighted by Crippen LogP contribution is -2.13. The minimum Gasteiger partial charge on any atom is -0.479 e. The summed E-state index contributed by atoms with van der Waals surface area (Å²) in [5.74, 6) is -1.37. The number of aliphatic carboxylic acids is 1. The van der Waals surface area contributed by atoms with Crippen molar-refractivity contribution in [2.45, 2.75) is 25.6 Å². The topological polar surface area (TPSA) is 94.8 Å². The van der Waals surface area contributed by atoms with Crippen molar-refractivity contribution in [3.8, 4) is 0 Å². The van der Waals surface area contributed by atoms with Crippen LogP contribution in [0.4, 0.5) is 0 Å². The van der Waals surface area contributed by atoms with E-state index in [1.807, 2.05) is 0 Å². The summed E-state index contributed by atoms with van der Waals surface area (Å²) >= 11 is 0. The van der Waals surface area contributed by atoms with Crippen LogP contribution in [-0.4, -0.2) is 27.6 Å². The summed E-state index contributed by atoms with van der Waals surface area (Å²) in [6.45, 7) is -0.340. The number of benzene rings is 1. The number of carboxylic acid groups (broad SMARTS) is 1. The second-order valence-electron chi connectivity index (χ2n) is 3.64. The van der Waals surface area contributed by atoms with Crippen LogP contribution in [0.1, 0.15) is 29.2 Å². The number of hydrogen-bond acceptors (Lipinski definition) is 4. The number of carbonyl (C=O) groups excluding carboxylic acids is 1. The Morgan fingerprint density at radius 1 is 1.41 bits per heavy atom. The lowest BCUT2D eigenvalue weighted by atomic mass is 9.98. The van der Waals surface area contributed by atoms with Crippen molar-refractivity contribution in [3.63, 3.8) is 0 Å². The molecule has 0 bridgehead atoms. The fraction of sp³-hybridized carbons (Fsp3) is 0.333. The van der Waals surface area contributed by atoms with E-state index in [0.717, 1.165) is 11.8 Å². The summed E-state index contributed by atoms with van der Waals surface area (Å²) in [6, 6.07) is 4.77. The fourth-order valence-corrected chi connectivity index (χ4v) is 1.56. The van der Waals surface area contributed by atoms with Gasteiger partial charge in [0.25, 0.3) is 0 Å². The highest BCUT2D eigenvalue weighted by atomic mass is 16.4. The van der Waals surface area contributed by atoms with Gasteiger partial charge in [-0.15, -0.1) is 0 Å². The molecule has 0 aliphatic rings. The molecule has 92 valence electrons. The third-order valence-corrected chi connectivity index (χ3v) is 2.46. The molecular formula is C12H14O5. The Balaban J connectivity index is 3.05. The number of rotatable bonds is 6. The van der Waals surface area contributed by atoms with Gasteiger partial charge in [0.15, 0.2) is 6.10 Å². The standard InChI is InChI=1S/C12H14O5/c13-5-1-2-8-3-4-9(7-14)10(6-8)11(15)12(16)17/h3-6,11,14-15H,1-2,7H2,(H,16,17). The smallest absolute Gasteiger partial charge is 0.337 e. The molecule has 0 saturated carbocycles. The molecule has 1 atom stereocenters. The first-order chi connectivity index (χ1) is 8.10. The van der Waals surface area contributed by atoms with Gasteiger partial charge in [0.05, 0.1) is 6.61 Å². The van der Waals surface area contributed by atoms with Gasteiger partial charge >= 0.3 is 5.97 Å². The van der Waals surface area contributed by atoms with Crippen molar-refractivity contribution in [3.05, 3.63) is 34.9 Å². The van der Waals surface area contributed by atoms with Crippen LogP contribution in [-0.2, 0) is 22.6 Å². The summed E-state index contributed by atoms with van der Waals surface area (Å²) in [5.41, 5.74) is 1.29. The highest BCUT2D eigenvalue weighted by molar-refractivity contribution is 5.74. The van der Waals surface area contributed by atoms with Gasteiger partial charge in [0.2, 0.25) is 0 Å². The van der Waals surface area contributed by atoms with Gasteiger partial charge in [0, 0.05) is 6.42 Å². The van der Waals surface area contributed by atoms with Crippen molar-refractivity contribution in [1.82, 2.24) is 0 Å². The monoisotopic (exact) mass is 238 g/mol. The van der Waals surface area contributed by atoms with Gasteiger partial charge in [-0.25, -0.2) is 4.79 Å². The van der Waals surface area contributed by atoms with E-state index in [9.17, 15) is 14.7 Å². The van der Waals surface area contributed by atoms with Gasteiger partial charge in [-0.3, -0.25) is 0 Å². The number of aliphatic hydroxyl groups is 2. The zero-order valence-corrected chi connectivity index (χ0v) is 9.17. The van der Waals surface area contributed by atoms with Gasteiger partial charge in [-0.2, -0.15) is 0 Å². The molecule has 17 heavy (non-hydrogen) atoms. The van der Waals surface area contributed by atoms with Gasteiger partial charge in [-0.1, -0.05) is 18.2 Å². The third-order valence-electron chi connectivity index (χ3n) is 2.46. The van der Waals surface area contributed by atoms with Crippen LogP contribution >= 0.6 is 0 Å². The van der Waals surface area contributed by atoms with Crippen LogP contribution in [0.3, 0.4) is 0 Å². The molecule has 0 radical (unpaired) electrons. The van der Waals surface area contributed by atoms with E-state index < -0.39 is 12.1 Å². The molecule has 0 amide bonds. The van der Waals surface area contributed by atoms with Crippen molar-refractivity contribution >= 4 is 12.3 Å². The van der Waals surface area contributed by atoms with Gasteiger partial charge in [-0.05, 0) is 23.1 Å². The first-order valence-electron chi connectivity index (χ1n) is 5.17. The summed E-state index contributed by atoms with van der Waals surface area (Å²) in [7, 11) is 0. The fourth-order valence-electron chi connectivity index (χ4n) is 1.56. The van der Waals surface area contributed by atoms with Crippen LogP contribution in [0.15, 0.2) is 18.2 Å². The number of hydrogen-bond donors (Lipinski definition) is 3. The van der Waals surface area contributed by atoms with Crippen molar-refractivity contribution in [1.29, 1.82) is 0 Å². The molecule has 0 aliphatic carbocycles. The zero-order valence-electron chi connectivity index (χ0n) is 9.17. The highest BCUT2D eigenvalue weighted by Gasteiger charge is 2.19. The summed E-state index contributed by atoms with van der Waals surface area (Å²) < 4.78 is 0. The molecular weight excluding hydrogens is 224 g/mol. The molecule has 1 unspecified atom stereocenters. The molecule has 1 aromatic carbocycles. The van der Waals surface area contributed by atoms with Crippen LogP contribution in [0.25, 0.3) is 0 Å². The normalized spacial score (nSPS) is 12.1. The maximum atomic E-state index is 10.7. The first kappa shape index (κ1) is 13.3. The predicted octanol–water partition coefficient (Wildman–Crippen LogP) is 0.428. The van der Waals surface area contributed by atoms with Crippen LogP contribution in [0.5, 0.6) is 0 Å². The molecule has 0 heterocycles. The Hall–Kier alpha value is -1.72. The lowest BCUT2D eigenvalue weighted by molar-refractivity contribution is -0.147. The van der Waals surface area contributed by atoms with Gasteiger partial charge in [0.1, 0.15) is 6.29 Å². The minimum atomic E-state index is -1.66. The molecule has 5 heteroatoms. The quantitative estimate of drug-likeness (QED) is 0.625. The molecule has 3 N–H and O–H groups in total. The zero-order chi connectivity index (χ0) is 12.8. The average molecular weight is 238 g/mol. The van der Waals surface area contributed by atoms with Crippen molar-refractivity contribution < 1.29 is 24.9 Å². The molecule has 0 aliphatic heterocycles. The Kier molecular flexibility index (Phi) is 4.81. The Morgan fingerprint density at radius 3 is 2.65 bits per heavy atom. The summed E-state index contributed by atoms with van der Waals surface area (Å²) in [4.78, 5) is 21.0. The highest BCUT2D eigenvalue weighted by Crippen LogP contribution is 2.21. The Bertz CT molecular complexity index is 413. The molecule has 0 spiro atoms. The average Bonchev–Trinajstić information content (AvgIpc) is 2.34. The minimum absolute atomic E-state index is 0.170. The molecule has 5 nitrogen and oxygen atoms in total. The van der Waals surface area contributed by atoms with Crippen molar-refractivity contribution in [2.75, 3.05) is 0 Å². The second kappa shape index (κ2) is 6.12. The third kappa shape index (κ3) is 3.37. The maximum absolute atomic E-state index is 10.7. The van der Waals surface area contributed by atoms with Crippen LogP contribution in [0.2, 0.25) is 0 Å². The van der Waals surface area contributed by atoms with Crippen LogP contribution in [0, 0.1) is 0 Å². The van der Waals surface area contributed by atoms with E-state index in [0.29, 0.717) is 18.4 Å². The molecule has 0 fully saturated rings. The van der Waals surface area contributed by atoms with Crippen molar-refractivity contribution in [2.24, 2.45) is 0 Å². The predicted molar refractivity (Wildman–Crippen MR) is 59.3 cm³/mol. The number of aliphatic hydroxyl groups excluding tert-OH is 2. The summed E-state index contributed by atoms with van der Waals surface area (Å²) in [5, 5.41) is 27.3. The maximum Gasteiger partial charge on any atom is 0.337 e. The molecule has 1 rings (SSSR count). The number of aldehydes is 1. The van der Waals surface area contributed by atoms with E-state index in [4.69, 9.17) is 10.2 Å². The Labute approximate surface area is 98.3 Å². The first-order valence-corrected chi connectivity index (χ1v) is 5.17. The van der Waals surface area contributed by atoms with E-state index >= 15 is 0 Å². The SMILES string of the molecule is O=CCCc1ccc(CO)c(C(O)C(=O)O)c1. The van der Waals surface area contributed by atoms with E-state index in [2.05, 4.69) is 0 Å². The summed E-state index contributed by atoms with van der Waals surface area (Å²) in [6.07, 6.45) is -0.0728. The molecule has 0 aromatic heterocycles. The lowest BCUT2D eigenvalue weighted by Gasteiger charge is -2.12. The largest absolute Gasteiger partial charge is 0.479 e. The van der Waals surface area contributed by atoms with Gasteiger partial charge < -0.3 is 20.1 Å². The number of carboxylic acids is 1. The van der Waals surface area contributed by atoms with E-state index in [1.165, 1.54) is 6.07 Å². The van der Waals surface area contributed by atoms with Crippen LogP contribution < -0.4 is 0 Å². The Morgan fingerprint density at radius 2 is 2.12 bits per heavy atom. The molecule has 1 aromatic rings. The number of aryl methyl sites for hydroxylation is 1. The second-order valence-corrected chi connectivity index (χ2v) is 3.64. The number of carbonyl (C=O) groups is 2.